The van der Waals surface area contributed by atoms with Crippen molar-refractivity contribution in [1.82, 2.24) is 4.90 Å². The Bertz CT molecular complexity index is 369. The first kappa shape index (κ1) is 14.6. The van der Waals surface area contributed by atoms with Crippen molar-refractivity contribution in [1.29, 1.82) is 0 Å². The second kappa shape index (κ2) is 6.47. The molecule has 0 aromatic heterocycles. The Morgan fingerprint density at radius 3 is 1.83 bits per heavy atom. The molecular weight excluding hydrogens is 232 g/mol. The van der Waals surface area contributed by atoms with Gasteiger partial charge in [-0.05, 0) is 31.8 Å². The number of nitrogens with two attached hydrogens (primary N) is 1. The van der Waals surface area contributed by atoms with Gasteiger partial charge in [-0.25, -0.2) is 0 Å². The third-order valence-electron chi connectivity index (χ3n) is 2.92. The molecule has 18 heavy (non-hydrogen) atoms. The normalized spacial score (nSPS) is 12.4. The van der Waals surface area contributed by atoms with E-state index in [4.69, 9.17) is 19.9 Å². The molecular formula is C13H22N2O3. The van der Waals surface area contributed by atoms with Crippen LogP contribution in [0.3, 0.4) is 0 Å². The molecule has 0 aliphatic rings. The van der Waals surface area contributed by atoms with Gasteiger partial charge < -0.3 is 24.8 Å². The van der Waals surface area contributed by atoms with Crippen LogP contribution in [0.5, 0.6) is 17.2 Å². The van der Waals surface area contributed by atoms with Crippen molar-refractivity contribution >= 4 is 0 Å². The summed E-state index contributed by atoms with van der Waals surface area (Å²) in [4.78, 5) is 2.06. The molecule has 1 aromatic rings. The number of likely N-dealkylation sites (N-methyl/N-ethyl adjacent to an activating group) is 1. The Hall–Kier alpha value is -1.46. The van der Waals surface area contributed by atoms with Gasteiger partial charge in [0.2, 0.25) is 5.75 Å². The highest BCUT2D eigenvalue weighted by Crippen LogP contribution is 2.40. The first-order valence-corrected chi connectivity index (χ1v) is 5.75. The van der Waals surface area contributed by atoms with E-state index in [1.165, 1.54) is 0 Å². The Morgan fingerprint density at radius 2 is 1.56 bits per heavy atom. The summed E-state index contributed by atoms with van der Waals surface area (Å²) < 4.78 is 16.0. The summed E-state index contributed by atoms with van der Waals surface area (Å²) in [5, 5.41) is 0. The van der Waals surface area contributed by atoms with Crippen molar-refractivity contribution in [2.75, 3.05) is 42.0 Å². The van der Waals surface area contributed by atoms with Crippen LogP contribution in [0.1, 0.15) is 11.6 Å². The second-order valence-corrected chi connectivity index (χ2v) is 4.17. The topological polar surface area (TPSA) is 57.0 Å². The maximum Gasteiger partial charge on any atom is 0.203 e. The molecule has 0 radical (unpaired) electrons. The molecule has 0 aliphatic carbocycles. The van der Waals surface area contributed by atoms with Crippen molar-refractivity contribution in [3.63, 3.8) is 0 Å². The lowest BCUT2D eigenvalue weighted by Gasteiger charge is -2.24. The van der Waals surface area contributed by atoms with Crippen LogP contribution in [0.25, 0.3) is 0 Å². The number of benzene rings is 1. The van der Waals surface area contributed by atoms with Crippen LogP contribution < -0.4 is 19.9 Å². The first-order chi connectivity index (χ1) is 8.58. The minimum Gasteiger partial charge on any atom is -0.493 e. The van der Waals surface area contributed by atoms with Crippen molar-refractivity contribution in [2.24, 2.45) is 5.73 Å². The fourth-order valence-electron chi connectivity index (χ4n) is 1.94. The Morgan fingerprint density at radius 1 is 1.06 bits per heavy atom. The minimum absolute atomic E-state index is 0.110. The maximum atomic E-state index is 5.80. The summed E-state index contributed by atoms with van der Waals surface area (Å²) in [6.07, 6.45) is 0. The molecule has 102 valence electrons. The lowest BCUT2D eigenvalue weighted by atomic mass is 10.0. The molecule has 1 aromatic carbocycles. The summed E-state index contributed by atoms with van der Waals surface area (Å²) >= 11 is 0. The molecule has 5 heteroatoms. The van der Waals surface area contributed by atoms with Gasteiger partial charge in [0.05, 0.1) is 21.3 Å². The van der Waals surface area contributed by atoms with Crippen molar-refractivity contribution < 1.29 is 14.2 Å². The van der Waals surface area contributed by atoms with E-state index < -0.39 is 0 Å². The molecule has 0 bridgehead atoms. The number of rotatable bonds is 6. The number of hydrogen-bond acceptors (Lipinski definition) is 5. The molecule has 5 nitrogen and oxygen atoms in total. The molecule has 0 heterocycles. The summed E-state index contributed by atoms with van der Waals surface area (Å²) in [6.45, 7) is 0.519. The van der Waals surface area contributed by atoms with E-state index in [-0.39, 0.29) is 6.04 Å². The Kier molecular flexibility index (Phi) is 5.25. The molecule has 0 amide bonds. The highest BCUT2D eigenvalue weighted by atomic mass is 16.5. The van der Waals surface area contributed by atoms with E-state index in [0.717, 1.165) is 5.56 Å². The van der Waals surface area contributed by atoms with E-state index in [0.29, 0.717) is 23.8 Å². The molecule has 0 unspecified atom stereocenters. The maximum absolute atomic E-state index is 5.80. The fraction of sp³-hybridized carbons (Fsp3) is 0.538. The molecule has 1 rings (SSSR count). The highest BCUT2D eigenvalue weighted by molar-refractivity contribution is 5.54. The zero-order valence-electron chi connectivity index (χ0n) is 11.7. The van der Waals surface area contributed by atoms with Crippen LogP contribution in [-0.2, 0) is 0 Å². The fourth-order valence-corrected chi connectivity index (χ4v) is 1.94. The summed E-state index contributed by atoms with van der Waals surface area (Å²) in [6, 6.07) is 3.97. The Balaban J connectivity index is 3.30. The van der Waals surface area contributed by atoms with Gasteiger partial charge in [0.25, 0.3) is 0 Å². The van der Waals surface area contributed by atoms with Crippen LogP contribution in [0, 0.1) is 0 Å². The molecule has 1 atom stereocenters. The predicted octanol–water partition coefficient (Wildman–Crippen LogP) is 1.27. The number of methoxy groups -OCH3 is 3. The van der Waals surface area contributed by atoms with Gasteiger partial charge >= 0.3 is 0 Å². The van der Waals surface area contributed by atoms with Crippen LogP contribution >= 0.6 is 0 Å². The van der Waals surface area contributed by atoms with Gasteiger partial charge in [-0.1, -0.05) is 0 Å². The van der Waals surface area contributed by atoms with Crippen molar-refractivity contribution in [3.8, 4) is 17.2 Å². The monoisotopic (exact) mass is 254 g/mol. The Labute approximate surface area is 108 Å². The lowest BCUT2D eigenvalue weighted by molar-refractivity contribution is 0.297. The number of hydrogen-bond donors (Lipinski definition) is 1. The summed E-state index contributed by atoms with van der Waals surface area (Å²) in [7, 11) is 8.77. The summed E-state index contributed by atoms with van der Waals surface area (Å²) in [5.74, 6) is 1.89. The van der Waals surface area contributed by atoms with Crippen LogP contribution in [0.2, 0.25) is 0 Å². The quantitative estimate of drug-likeness (QED) is 0.828. The van der Waals surface area contributed by atoms with E-state index in [9.17, 15) is 0 Å². The number of ether oxygens (including phenoxy) is 3. The first-order valence-electron chi connectivity index (χ1n) is 5.75. The second-order valence-electron chi connectivity index (χ2n) is 4.17. The summed E-state index contributed by atoms with van der Waals surface area (Å²) in [5.41, 5.74) is 6.84. The van der Waals surface area contributed by atoms with Gasteiger partial charge in [0, 0.05) is 12.6 Å². The molecule has 0 fully saturated rings. The molecule has 0 aliphatic heterocycles. The van der Waals surface area contributed by atoms with Crippen LogP contribution in [-0.4, -0.2) is 46.9 Å². The molecule has 2 N–H and O–H groups in total. The van der Waals surface area contributed by atoms with Gasteiger partial charge in [-0.15, -0.1) is 0 Å². The van der Waals surface area contributed by atoms with Gasteiger partial charge in [0.15, 0.2) is 11.5 Å². The molecule has 0 saturated carbocycles. The smallest absolute Gasteiger partial charge is 0.203 e. The van der Waals surface area contributed by atoms with Crippen LogP contribution in [0.15, 0.2) is 12.1 Å². The molecule has 0 spiro atoms. The standard InChI is InChI=1S/C13H22N2O3/c1-15(2)10(8-14)9-6-11(16-3)13(18-5)12(7-9)17-4/h6-7,10H,8,14H2,1-5H3/t10-/m0/s1. The van der Waals surface area contributed by atoms with Crippen molar-refractivity contribution in [3.05, 3.63) is 17.7 Å². The SMILES string of the molecule is COc1cc([C@H](CN)N(C)C)cc(OC)c1OC. The average molecular weight is 254 g/mol. The predicted molar refractivity (Wildman–Crippen MR) is 71.6 cm³/mol. The third kappa shape index (κ3) is 2.86. The number of nitrogens with zero attached hydrogens (tertiary/aromatic N) is 1. The van der Waals surface area contributed by atoms with E-state index >= 15 is 0 Å². The minimum atomic E-state index is 0.110. The van der Waals surface area contributed by atoms with Gasteiger partial charge in [-0.3, -0.25) is 0 Å². The van der Waals surface area contributed by atoms with Crippen LogP contribution in [0.4, 0.5) is 0 Å². The van der Waals surface area contributed by atoms with Gasteiger partial charge in [0.1, 0.15) is 0 Å². The van der Waals surface area contributed by atoms with E-state index in [1.54, 1.807) is 21.3 Å². The van der Waals surface area contributed by atoms with E-state index in [1.807, 2.05) is 26.2 Å². The van der Waals surface area contributed by atoms with E-state index in [2.05, 4.69) is 4.90 Å². The zero-order valence-corrected chi connectivity index (χ0v) is 11.7. The van der Waals surface area contributed by atoms with Crippen molar-refractivity contribution in [2.45, 2.75) is 6.04 Å². The third-order valence-corrected chi connectivity index (χ3v) is 2.92. The van der Waals surface area contributed by atoms with Gasteiger partial charge in [-0.2, -0.15) is 0 Å². The lowest BCUT2D eigenvalue weighted by Crippen LogP contribution is -2.27. The largest absolute Gasteiger partial charge is 0.493 e. The average Bonchev–Trinajstić information content (AvgIpc) is 2.37. The molecule has 0 saturated heterocycles. The highest BCUT2D eigenvalue weighted by Gasteiger charge is 2.19. The zero-order chi connectivity index (χ0) is 13.7.